The normalized spacial score (nSPS) is 19.1. The number of benzene rings is 1. The summed E-state index contributed by atoms with van der Waals surface area (Å²) in [6, 6.07) is 5.88. The molecule has 1 aromatic heterocycles. The van der Waals surface area contributed by atoms with Gasteiger partial charge in [-0.05, 0) is 31.0 Å². The number of carbonyl (C=O) groups excluding carboxylic acids is 1. The van der Waals surface area contributed by atoms with Gasteiger partial charge in [-0.1, -0.05) is 6.07 Å². The zero-order valence-corrected chi connectivity index (χ0v) is 14.4. The van der Waals surface area contributed by atoms with Crippen LogP contribution in [0.4, 0.5) is 5.13 Å². The van der Waals surface area contributed by atoms with Crippen LogP contribution in [0, 0.1) is 0 Å². The van der Waals surface area contributed by atoms with Crippen LogP contribution >= 0.6 is 11.3 Å². The van der Waals surface area contributed by atoms with Crippen LogP contribution in [0.25, 0.3) is 0 Å². The number of aliphatic hydroxyl groups is 1. The van der Waals surface area contributed by atoms with Gasteiger partial charge in [0.05, 0.1) is 11.0 Å². The Morgan fingerprint density at radius 3 is 2.96 bits per heavy atom. The van der Waals surface area contributed by atoms with E-state index in [0.717, 1.165) is 0 Å². The average Bonchev–Trinajstić information content (AvgIpc) is 3.08. The van der Waals surface area contributed by atoms with Crippen molar-refractivity contribution in [2.75, 3.05) is 18.4 Å². The molecule has 2 N–H and O–H groups in total. The zero-order chi connectivity index (χ0) is 17.2. The van der Waals surface area contributed by atoms with Crippen molar-refractivity contribution in [3.8, 4) is 0 Å². The Bertz CT molecular complexity index is 821. The van der Waals surface area contributed by atoms with E-state index in [0.29, 0.717) is 24.5 Å². The lowest BCUT2D eigenvalue weighted by molar-refractivity contribution is 0.102. The number of rotatable bonds is 4. The maximum atomic E-state index is 12.7. The highest BCUT2D eigenvalue weighted by Gasteiger charge is 2.29. The van der Waals surface area contributed by atoms with Crippen LogP contribution in [0.1, 0.15) is 23.2 Å². The molecule has 1 saturated heterocycles. The van der Waals surface area contributed by atoms with E-state index in [1.165, 1.54) is 33.8 Å². The molecule has 0 bridgehead atoms. The number of hydrogen-bond acceptors (Lipinski definition) is 6. The van der Waals surface area contributed by atoms with Crippen molar-refractivity contribution < 1.29 is 18.3 Å². The highest BCUT2D eigenvalue weighted by atomic mass is 32.2. The molecule has 0 saturated carbocycles. The molecule has 24 heavy (non-hydrogen) atoms. The van der Waals surface area contributed by atoms with Gasteiger partial charge in [0.2, 0.25) is 10.0 Å². The topological polar surface area (TPSA) is 99.6 Å². The molecule has 1 aromatic carbocycles. The van der Waals surface area contributed by atoms with Gasteiger partial charge in [-0.3, -0.25) is 10.1 Å². The number of β-amino-alcohol motifs (C(OH)–C–C–N with tert-alkyl or cyclic N) is 1. The third-order valence-electron chi connectivity index (χ3n) is 3.75. The van der Waals surface area contributed by atoms with Crippen molar-refractivity contribution in [2.45, 2.75) is 23.8 Å². The molecule has 1 aliphatic rings. The van der Waals surface area contributed by atoms with Gasteiger partial charge in [-0.25, -0.2) is 13.4 Å². The molecule has 7 nitrogen and oxygen atoms in total. The fraction of sp³-hybridized carbons (Fsp3) is 0.333. The molecule has 1 atom stereocenters. The number of aliphatic hydroxyl groups excluding tert-OH is 1. The van der Waals surface area contributed by atoms with E-state index < -0.39 is 22.0 Å². The fourth-order valence-electron chi connectivity index (χ4n) is 2.54. The van der Waals surface area contributed by atoms with Crippen LogP contribution in [0.3, 0.4) is 0 Å². The van der Waals surface area contributed by atoms with Gasteiger partial charge in [0.15, 0.2) is 5.13 Å². The van der Waals surface area contributed by atoms with Crippen molar-refractivity contribution >= 4 is 32.4 Å². The van der Waals surface area contributed by atoms with Crippen molar-refractivity contribution in [1.82, 2.24) is 9.29 Å². The first kappa shape index (κ1) is 17.0. The Morgan fingerprint density at radius 1 is 1.42 bits per heavy atom. The SMILES string of the molecule is O=C(Nc1nccs1)c1cccc(S(=O)(=O)N2CCC[C@@H](O)C2)c1. The summed E-state index contributed by atoms with van der Waals surface area (Å²) in [5.74, 6) is -0.416. The van der Waals surface area contributed by atoms with Gasteiger partial charge < -0.3 is 5.11 Å². The molecule has 3 rings (SSSR count). The van der Waals surface area contributed by atoms with Gasteiger partial charge in [-0.2, -0.15) is 4.31 Å². The minimum Gasteiger partial charge on any atom is -0.392 e. The van der Waals surface area contributed by atoms with Crippen LogP contribution in [-0.4, -0.2) is 47.9 Å². The summed E-state index contributed by atoms with van der Waals surface area (Å²) in [7, 11) is -3.73. The summed E-state index contributed by atoms with van der Waals surface area (Å²) in [6.45, 7) is 0.451. The number of piperidine rings is 1. The number of nitrogens with one attached hydrogen (secondary N) is 1. The minimum absolute atomic E-state index is 0.0448. The second kappa shape index (κ2) is 6.98. The number of hydrogen-bond donors (Lipinski definition) is 2. The second-order valence-electron chi connectivity index (χ2n) is 5.48. The second-order valence-corrected chi connectivity index (χ2v) is 8.31. The van der Waals surface area contributed by atoms with Gasteiger partial charge in [0.1, 0.15) is 0 Å². The Labute approximate surface area is 144 Å². The van der Waals surface area contributed by atoms with Crippen LogP contribution in [0.2, 0.25) is 0 Å². The van der Waals surface area contributed by atoms with Gasteiger partial charge >= 0.3 is 0 Å². The highest BCUT2D eigenvalue weighted by Crippen LogP contribution is 2.22. The highest BCUT2D eigenvalue weighted by molar-refractivity contribution is 7.89. The molecule has 128 valence electrons. The lowest BCUT2D eigenvalue weighted by Crippen LogP contribution is -2.42. The predicted octanol–water partition coefficient (Wildman–Crippen LogP) is 1.54. The number of anilines is 1. The number of carbonyl (C=O) groups is 1. The lowest BCUT2D eigenvalue weighted by Gasteiger charge is -2.29. The third kappa shape index (κ3) is 3.64. The molecule has 0 unspecified atom stereocenters. The van der Waals surface area contributed by atoms with Gasteiger partial charge in [-0.15, -0.1) is 11.3 Å². The predicted molar refractivity (Wildman–Crippen MR) is 90.5 cm³/mol. The first-order valence-electron chi connectivity index (χ1n) is 7.46. The zero-order valence-electron chi connectivity index (χ0n) is 12.8. The molecule has 1 aliphatic heterocycles. The molecule has 2 aromatic rings. The van der Waals surface area contributed by atoms with E-state index in [2.05, 4.69) is 10.3 Å². The first-order valence-corrected chi connectivity index (χ1v) is 9.78. The van der Waals surface area contributed by atoms with Crippen molar-refractivity contribution in [3.63, 3.8) is 0 Å². The molecular weight excluding hydrogens is 350 g/mol. The maximum absolute atomic E-state index is 12.7. The van der Waals surface area contributed by atoms with Crippen LogP contribution in [-0.2, 0) is 10.0 Å². The van der Waals surface area contributed by atoms with E-state index in [4.69, 9.17) is 0 Å². The molecule has 9 heteroatoms. The van der Waals surface area contributed by atoms with Crippen molar-refractivity contribution in [3.05, 3.63) is 41.4 Å². The number of sulfonamides is 1. The smallest absolute Gasteiger partial charge is 0.257 e. The van der Waals surface area contributed by atoms with Crippen LogP contribution in [0.15, 0.2) is 40.7 Å². The maximum Gasteiger partial charge on any atom is 0.257 e. The largest absolute Gasteiger partial charge is 0.392 e. The van der Waals surface area contributed by atoms with E-state index in [1.807, 2.05) is 0 Å². The molecule has 0 aliphatic carbocycles. The summed E-state index contributed by atoms with van der Waals surface area (Å²) in [5.41, 5.74) is 0.240. The molecule has 2 heterocycles. The van der Waals surface area contributed by atoms with Gasteiger partial charge in [0, 0.05) is 30.2 Å². The monoisotopic (exact) mass is 367 g/mol. The first-order chi connectivity index (χ1) is 11.5. The van der Waals surface area contributed by atoms with E-state index in [1.54, 1.807) is 17.6 Å². The Kier molecular flexibility index (Phi) is 4.95. The summed E-state index contributed by atoms with van der Waals surface area (Å²) >= 11 is 1.28. The number of nitrogens with zero attached hydrogens (tertiary/aromatic N) is 2. The Morgan fingerprint density at radius 2 is 2.25 bits per heavy atom. The van der Waals surface area contributed by atoms with E-state index >= 15 is 0 Å². The van der Waals surface area contributed by atoms with Crippen LogP contribution < -0.4 is 5.32 Å². The van der Waals surface area contributed by atoms with E-state index in [9.17, 15) is 18.3 Å². The summed E-state index contributed by atoms with van der Waals surface area (Å²) in [6.07, 6.45) is 2.14. The average molecular weight is 367 g/mol. The minimum atomic E-state index is -3.73. The number of amides is 1. The standard InChI is InChI=1S/C15H17N3O4S2/c19-12-4-2-7-18(10-12)24(21,22)13-5-1-3-11(9-13)14(20)17-15-16-6-8-23-15/h1,3,5-6,8-9,12,19H,2,4,7,10H2,(H,16,17,20)/t12-/m1/s1. The third-order valence-corrected chi connectivity index (χ3v) is 6.30. The molecule has 1 fully saturated rings. The summed E-state index contributed by atoms with van der Waals surface area (Å²) in [4.78, 5) is 16.2. The van der Waals surface area contributed by atoms with E-state index in [-0.39, 0.29) is 17.0 Å². The Balaban J connectivity index is 1.83. The molecule has 1 amide bonds. The molecule has 0 radical (unpaired) electrons. The molecular formula is C15H17N3O4S2. The molecule has 0 spiro atoms. The quantitative estimate of drug-likeness (QED) is 0.854. The fourth-order valence-corrected chi connectivity index (χ4v) is 4.63. The van der Waals surface area contributed by atoms with Gasteiger partial charge in [0.25, 0.3) is 5.91 Å². The summed E-state index contributed by atoms with van der Waals surface area (Å²) < 4.78 is 26.7. The number of thiazole rings is 1. The lowest BCUT2D eigenvalue weighted by atomic mass is 10.1. The van der Waals surface area contributed by atoms with Crippen molar-refractivity contribution in [2.24, 2.45) is 0 Å². The van der Waals surface area contributed by atoms with Crippen molar-refractivity contribution in [1.29, 1.82) is 0 Å². The summed E-state index contributed by atoms with van der Waals surface area (Å²) in [5, 5.41) is 14.5. The number of aromatic nitrogens is 1. The van der Waals surface area contributed by atoms with Crippen LogP contribution in [0.5, 0.6) is 0 Å². The Hall–Kier alpha value is -1.81.